The molecular weight excluding hydrogens is 230 g/mol. The van der Waals surface area contributed by atoms with Crippen LogP contribution in [0.3, 0.4) is 0 Å². The summed E-state index contributed by atoms with van der Waals surface area (Å²) >= 11 is 0. The van der Waals surface area contributed by atoms with Crippen LogP contribution in [0.1, 0.15) is 44.9 Å². The van der Waals surface area contributed by atoms with E-state index in [1.807, 2.05) is 0 Å². The molecule has 4 unspecified atom stereocenters. The van der Waals surface area contributed by atoms with E-state index in [0.717, 1.165) is 44.9 Å². The third kappa shape index (κ3) is 3.23. The molecule has 0 aromatic rings. The van der Waals surface area contributed by atoms with Crippen LogP contribution in [0.25, 0.3) is 0 Å². The number of esters is 1. The Balaban J connectivity index is 1.83. The maximum Gasteiger partial charge on any atom is 0.309 e. The Kier molecular flexibility index (Phi) is 5.01. The van der Waals surface area contributed by atoms with Gasteiger partial charge in [0.15, 0.2) is 0 Å². The molecular formula is C14H25NO3. The molecule has 2 rings (SSSR count). The highest BCUT2D eigenvalue weighted by molar-refractivity contribution is 5.73. The van der Waals surface area contributed by atoms with Crippen LogP contribution in [-0.4, -0.2) is 31.8 Å². The maximum atomic E-state index is 12.2. The van der Waals surface area contributed by atoms with Crippen molar-refractivity contribution in [2.45, 2.75) is 57.2 Å². The molecule has 0 spiro atoms. The first-order valence-electron chi connectivity index (χ1n) is 7.18. The van der Waals surface area contributed by atoms with Gasteiger partial charge in [0.05, 0.1) is 12.0 Å². The van der Waals surface area contributed by atoms with Crippen molar-refractivity contribution in [1.29, 1.82) is 0 Å². The lowest BCUT2D eigenvalue weighted by Gasteiger charge is -2.29. The van der Waals surface area contributed by atoms with Gasteiger partial charge in [-0.05, 0) is 44.6 Å². The van der Waals surface area contributed by atoms with Gasteiger partial charge in [0.2, 0.25) is 0 Å². The third-order valence-electron chi connectivity index (χ3n) is 4.46. The average molecular weight is 255 g/mol. The number of methoxy groups -OCH3 is 1. The van der Waals surface area contributed by atoms with Gasteiger partial charge in [-0.25, -0.2) is 0 Å². The molecule has 18 heavy (non-hydrogen) atoms. The minimum atomic E-state index is -0.0234. The summed E-state index contributed by atoms with van der Waals surface area (Å²) in [7, 11) is 1.73. The molecule has 0 bridgehead atoms. The summed E-state index contributed by atoms with van der Waals surface area (Å²) in [6.45, 7) is 0.602. The Labute approximate surface area is 109 Å². The summed E-state index contributed by atoms with van der Waals surface area (Å²) < 4.78 is 11.0. The van der Waals surface area contributed by atoms with Gasteiger partial charge in [-0.15, -0.1) is 0 Å². The van der Waals surface area contributed by atoms with E-state index >= 15 is 0 Å². The maximum absolute atomic E-state index is 12.2. The second-order valence-corrected chi connectivity index (χ2v) is 5.62. The first-order valence-corrected chi connectivity index (χ1v) is 7.18. The summed E-state index contributed by atoms with van der Waals surface area (Å²) in [6.07, 6.45) is 7.42. The smallest absolute Gasteiger partial charge is 0.309 e. The van der Waals surface area contributed by atoms with Gasteiger partial charge in [-0.1, -0.05) is 6.42 Å². The Bertz CT molecular complexity index is 282. The molecule has 2 aliphatic carbocycles. The molecule has 2 saturated carbocycles. The second-order valence-electron chi connectivity index (χ2n) is 5.62. The third-order valence-corrected chi connectivity index (χ3v) is 4.46. The predicted molar refractivity (Wildman–Crippen MR) is 69.0 cm³/mol. The number of rotatable bonds is 4. The van der Waals surface area contributed by atoms with Crippen molar-refractivity contribution < 1.29 is 14.3 Å². The molecule has 4 nitrogen and oxygen atoms in total. The minimum absolute atomic E-state index is 0.0234. The molecule has 0 heterocycles. The summed E-state index contributed by atoms with van der Waals surface area (Å²) in [5.74, 6) is 0.349. The van der Waals surface area contributed by atoms with Crippen molar-refractivity contribution in [3.8, 4) is 0 Å². The molecule has 2 fully saturated rings. The molecule has 4 heteroatoms. The molecule has 2 aliphatic rings. The Hall–Kier alpha value is -0.610. The fourth-order valence-electron chi connectivity index (χ4n) is 3.30. The van der Waals surface area contributed by atoms with E-state index < -0.39 is 0 Å². The largest absolute Gasteiger partial charge is 0.462 e. The van der Waals surface area contributed by atoms with Crippen molar-refractivity contribution in [3.05, 3.63) is 0 Å². The number of ether oxygens (including phenoxy) is 2. The monoisotopic (exact) mass is 255 g/mol. The van der Waals surface area contributed by atoms with Gasteiger partial charge >= 0.3 is 5.97 Å². The van der Waals surface area contributed by atoms with Crippen LogP contribution >= 0.6 is 0 Å². The molecule has 104 valence electrons. The van der Waals surface area contributed by atoms with Crippen LogP contribution < -0.4 is 5.73 Å². The number of hydrogen-bond acceptors (Lipinski definition) is 4. The molecule has 0 aromatic heterocycles. The van der Waals surface area contributed by atoms with Gasteiger partial charge in [0.1, 0.15) is 6.10 Å². The lowest BCUT2D eigenvalue weighted by molar-refractivity contribution is -0.158. The van der Waals surface area contributed by atoms with Crippen LogP contribution in [0.5, 0.6) is 0 Å². The van der Waals surface area contributed by atoms with Crippen LogP contribution in [-0.2, 0) is 14.3 Å². The summed E-state index contributed by atoms with van der Waals surface area (Å²) in [4.78, 5) is 12.2. The zero-order chi connectivity index (χ0) is 13.0. The molecule has 0 radical (unpaired) electrons. The minimum Gasteiger partial charge on any atom is -0.462 e. The lowest BCUT2D eigenvalue weighted by atomic mass is 9.93. The molecule has 0 amide bonds. The lowest BCUT2D eigenvalue weighted by Crippen LogP contribution is -2.33. The zero-order valence-electron chi connectivity index (χ0n) is 11.3. The Morgan fingerprint density at radius 2 is 1.89 bits per heavy atom. The van der Waals surface area contributed by atoms with Crippen molar-refractivity contribution in [2.24, 2.45) is 17.6 Å². The summed E-state index contributed by atoms with van der Waals surface area (Å²) in [5.41, 5.74) is 5.71. The highest BCUT2D eigenvalue weighted by Gasteiger charge is 2.35. The van der Waals surface area contributed by atoms with Crippen molar-refractivity contribution >= 4 is 5.97 Å². The van der Waals surface area contributed by atoms with Crippen LogP contribution in [0.2, 0.25) is 0 Å². The van der Waals surface area contributed by atoms with Crippen LogP contribution in [0.15, 0.2) is 0 Å². The standard InChI is InChI=1S/C14H25NO3/c1-17-11-5-3-6-12(8-11)18-14(16)13-7-2-4-10(13)9-15/h10-13H,2-9,15H2,1H3. The second kappa shape index (κ2) is 6.53. The predicted octanol–water partition coefficient (Wildman–Crippen LogP) is 1.86. The molecule has 0 aromatic carbocycles. The van der Waals surface area contributed by atoms with Gasteiger partial charge in [-0.3, -0.25) is 4.79 Å². The highest BCUT2D eigenvalue weighted by Crippen LogP contribution is 2.33. The quantitative estimate of drug-likeness (QED) is 0.779. The van der Waals surface area contributed by atoms with Crippen molar-refractivity contribution in [3.63, 3.8) is 0 Å². The number of nitrogens with two attached hydrogens (primary N) is 1. The van der Waals surface area contributed by atoms with Gasteiger partial charge in [0, 0.05) is 13.5 Å². The normalized spacial score (nSPS) is 36.6. The first-order chi connectivity index (χ1) is 8.74. The van der Waals surface area contributed by atoms with Crippen LogP contribution in [0, 0.1) is 11.8 Å². The average Bonchev–Trinajstić information content (AvgIpc) is 2.87. The SMILES string of the molecule is COC1CCCC(OC(=O)C2CCCC2CN)C1. The molecule has 0 aliphatic heterocycles. The van der Waals surface area contributed by atoms with E-state index in [1.54, 1.807) is 7.11 Å². The Morgan fingerprint density at radius 3 is 2.61 bits per heavy atom. The van der Waals surface area contributed by atoms with E-state index in [9.17, 15) is 4.79 Å². The summed E-state index contributed by atoms with van der Waals surface area (Å²) in [6, 6.07) is 0. The first kappa shape index (κ1) is 13.8. The van der Waals surface area contributed by atoms with Crippen molar-refractivity contribution in [2.75, 3.05) is 13.7 Å². The molecule has 2 N–H and O–H groups in total. The number of carbonyl (C=O) groups excluding carboxylic acids is 1. The molecule has 4 atom stereocenters. The van der Waals surface area contributed by atoms with Gasteiger partial charge < -0.3 is 15.2 Å². The number of hydrogen-bond donors (Lipinski definition) is 1. The highest BCUT2D eigenvalue weighted by atomic mass is 16.5. The van der Waals surface area contributed by atoms with E-state index in [0.29, 0.717) is 12.5 Å². The van der Waals surface area contributed by atoms with E-state index in [2.05, 4.69) is 0 Å². The topological polar surface area (TPSA) is 61.5 Å². The number of carbonyl (C=O) groups is 1. The van der Waals surface area contributed by atoms with E-state index in [-0.39, 0.29) is 24.1 Å². The van der Waals surface area contributed by atoms with Gasteiger partial charge in [-0.2, -0.15) is 0 Å². The fourth-order valence-corrected chi connectivity index (χ4v) is 3.30. The Morgan fingerprint density at radius 1 is 1.17 bits per heavy atom. The van der Waals surface area contributed by atoms with E-state index in [4.69, 9.17) is 15.2 Å². The molecule has 0 saturated heterocycles. The summed E-state index contributed by atoms with van der Waals surface area (Å²) in [5, 5.41) is 0. The van der Waals surface area contributed by atoms with E-state index in [1.165, 1.54) is 0 Å². The van der Waals surface area contributed by atoms with Crippen LogP contribution in [0.4, 0.5) is 0 Å². The van der Waals surface area contributed by atoms with Gasteiger partial charge in [0.25, 0.3) is 0 Å². The fraction of sp³-hybridized carbons (Fsp3) is 0.929. The van der Waals surface area contributed by atoms with Crippen molar-refractivity contribution in [1.82, 2.24) is 0 Å². The zero-order valence-corrected chi connectivity index (χ0v) is 11.3.